The minimum Gasteiger partial charge on any atom is -0.339 e. The van der Waals surface area contributed by atoms with E-state index in [1.807, 2.05) is 38.1 Å². The molecule has 1 N–H and O–H groups in total. The number of nitrogens with one attached hydrogen (secondary N) is 1. The highest BCUT2D eigenvalue weighted by atomic mass is 19.1. The average molecular weight is 371 g/mol. The van der Waals surface area contributed by atoms with Gasteiger partial charge in [0.15, 0.2) is 0 Å². The van der Waals surface area contributed by atoms with Crippen molar-refractivity contribution >= 4 is 23.0 Å². The van der Waals surface area contributed by atoms with Crippen molar-refractivity contribution < 1.29 is 9.18 Å². The number of piperazine rings is 1. The van der Waals surface area contributed by atoms with Crippen molar-refractivity contribution in [2.75, 3.05) is 50.8 Å². The second-order valence-electron chi connectivity index (χ2n) is 6.89. The first-order valence-electron chi connectivity index (χ1n) is 9.37. The number of carbonyl (C=O) groups excluding carboxylic acids is 1. The van der Waals surface area contributed by atoms with Gasteiger partial charge in [-0.15, -0.1) is 0 Å². The van der Waals surface area contributed by atoms with Crippen molar-refractivity contribution in [3.8, 4) is 11.8 Å². The molecular formula is C20H26FN5O. The van der Waals surface area contributed by atoms with Crippen LogP contribution in [0.5, 0.6) is 0 Å². The summed E-state index contributed by atoms with van der Waals surface area (Å²) in [5.41, 5.74) is 1.55. The number of fused-ring (bicyclic) bond motifs is 1. The van der Waals surface area contributed by atoms with E-state index in [1.54, 1.807) is 4.57 Å². The number of benzene rings is 1. The normalized spacial score (nSPS) is 15.0. The molecular weight excluding hydrogens is 345 g/mol. The third-order valence-electron chi connectivity index (χ3n) is 4.52. The lowest BCUT2D eigenvalue weighted by atomic mass is 10.2. The molecule has 0 aliphatic carbocycles. The number of alkyl halides is 1. The molecule has 6 nitrogen and oxygen atoms in total. The Bertz CT molecular complexity index is 843. The summed E-state index contributed by atoms with van der Waals surface area (Å²) in [6.07, 6.45) is 0. The van der Waals surface area contributed by atoms with E-state index in [0.717, 1.165) is 24.1 Å². The van der Waals surface area contributed by atoms with Crippen LogP contribution in [0.3, 0.4) is 0 Å². The van der Waals surface area contributed by atoms with Gasteiger partial charge in [-0.2, -0.15) is 0 Å². The maximum absolute atomic E-state index is 12.9. The van der Waals surface area contributed by atoms with Crippen LogP contribution in [0.25, 0.3) is 11.0 Å². The molecule has 27 heavy (non-hydrogen) atoms. The van der Waals surface area contributed by atoms with Crippen LogP contribution in [-0.2, 0) is 0 Å². The van der Waals surface area contributed by atoms with Crippen LogP contribution >= 0.6 is 0 Å². The van der Waals surface area contributed by atoms with Gasteiger partial charge in [-0.05, 0) is 12.1 Å². The molecule has 0 bridgehead atoms. The van der Waals surface area contributed by atoms with Crippen molar-refractivity contribution in [3.05, 3.63) is 24.3 Å². The fourth-order valence-electron chi connectivity index (χ4n) is 3.17. The van der Waals surface area contributed by atoms with E-state index in [2.05, 4.69) is 31.9 Å². The molecule has 0 saturated carbocycles. The molecule has 1 aliphatic heterocycles. The molecule has 2 aromatic rings. The predicted octanol–water partition coefficient (Wildman–Crippen LogP) is 2.34. The van der Waals surface area contributed by atoms with Crippen LogP contribution in [0.15, 0.2) is 24.3 Å². The molecule has 1 saturated heterocycles. The Balaban J connectivity index is 1.82. The molecule has 1 amide bonds. The zero-order chi connectivity index (χ0) is 19.2. The van der Waals surface area contributed by atoms with Crippen LogP contribution in [0.1, 0.15) is 13.8 Å². The smallest absolute Gasteiger partial charge is 0.329 e. The number of rotatable bonds is 4. The highest BCUT2D eigenvalue weighted by Gasteiger charge is 2.24. The lowest BCUT2D eigenvalue weighted by Gasteiger charge is -2.34. The SMILES string of the molecule is CC(C)C#CCNC(=O)n1c(N2CCN(CCF)CC2)nc2ccccc21. The first-order chi connectivity index (χ1) is 13.1. The number of para-hydroxylation sites is 2. The second kappa shape index (κ2) is 8.87. The van der Waals surface area contributed by atoms with Crippen LogP contribution in [0.2, 0.25) is 0 Å². The zero-order valence-electron chi connectivity index (χ0n) is 15.9. The standard InChI is InChI=1S/C20H26FN5O/c1-16(2)6-5-10-22-20(27)26-18-8-4-3-7-17(18)23-19(26)25-14-12-24(11-9-21)13-15-25/h3-4,7-8,16H,9-15H2,1-2H3,(H,22,27). The second-order valence-corrected chi connectivity index (χ2v) is 6.89. The first-order valence-corrected chi connectivity index (χ1v) is 9.37. The van der Waals surface area contributed by atoms with E-state index < -0.39 is 0 Å². The molecule has 1 fully saturated rings. The van der Waals surface area contributed by atoms with Crippen LogP contribution < -0.4 is 10.2 Å². The van der Waals surface area contributed by atoms with E-state index in [9.17, 15) is 9.18 Å². The number of hydrogen-bond donors (Lipinski definition) is 1. The summed E-state index contributed by atoms with van der Waals surface area (Å²) in [5, 5.41) is 2.86. The summed E-state index contributed by atoms with van der Waals surface area (Å²) in [6, 6.07) is 7.37. The van der Waals surface area contributed by atoms with Gasteiger partial charge in [0.25, 0.3) is 0 Å². The lowest BCUT2D eigenvalue weighted by Crippen LogP contribution is -2.48. The molecule has 0 atom stereocenters. The maximum atomic E-state index is 12.9. The zero-order valence-corrected chi connectivity index (χ0v) is 15.9. The van der Waals surface area contributed by atoms with Gasteiger partial charge in [0, 0.05) is 38.6 Å². The third kappa shape index (κ3) is 4.58. The fraction of sp³-hybridized carbons (Fsp3) is 0.500. The quantitative estimate of drug-likeness (QED) is 0.839. The van der Waals surface area contributed by atoms with E-state index in [1.165, 1.54) is 0 Å². The number of imidazole rings is 1. The van der Waals surface area contributed by atoms with Crippen LogP contribution in [0.4, 0.5) is 15.1 Å². The number of nitrogens with zero attached hydrogens (tertiary/aromatic N) is 4. The molecule has 3 rings (SSSR count). The Labute approximate surface area is 159 Å². The minimum atomic E-state index is -0.335. The number of hydrogen-bond acceptors (Lipinski definition) is 4. The number of aromatic nitrogens is 2. The van der Waals surface area contributed by atoms with Crippen LogP contribution in [0, 0.1) is 17.8 Å². The first kappa shape index (κ1) is 19.2. The van der Waals surface area contributed by atoms with Crippen molar-refractivity contribution in [2.45, 2.75) is 13.8 Å². The Kier molecular flexibility index (Phi) is 6.30. The van der Waals surface area contributed by atoms with Crippen molar-refractivity contribution in [1.82, 2.24) is 19.8 Å². The van der Waals surface area contributed by atoms with E-state index in [0.29, 0.717) is 32.1 Å². The Hall–Kier alpha value is -2.59. The summed E-state index contributed by atoms with van der Waals surface area (Å²) in [6.45, 7) is 7.39. The van der Waals surface area contributed by atoms with E-state index in [4.69, 9.17) is 0 Å². The third-order valence-corrected chi connectivity index (χ3v) is 4.52. The molecule has 1 aliphatic rings. The summed E-state index contributed by atoms with van der Waals surface area (Å²) >= 11 is 0. The largest absolute Gasteiger partial charge is 0.339 e. The van der Waals surface area contributed by atoms with Gasteiger partial charge in [-0.3, -0.25) is 4.90 Å². The van der Waals surface area contributed by atoms with Gasteiger partial charge in [0.1, 0.15) is 6.67 Å². The minimum absolute atomic E-state index is 0.233. The highest BCUT2D eigenvalue weighted by Crippen LogP contribution is 2.23. The molecule has 0 spiro atoms. The molecule has 2 heterocycles. The van der Waals surface area contributed by atoms with E-state index >= 15 is 0 Å². The summed E-state index contributed by atoms with van der Waals surface area (Å²) in [4.78, 5) is 21.7. The van der Waals surface area contributed by atoms with Crippen molar-refractivity contribution in [3.63, 3.8) is 0 Å². The summed E-state index contributed by atoms with van der Waals surface area (Å²) < 4.78 is 14.2. The van der Waals surface area contributed by atoms with Gasteiger partial charge in [0.05, 0.1) is 17.6 Å². The Morgan fingerprint density at radius 3 is 2.70 bits per heavy atom. The predicted molar refractivity (Wildman–Crippen MR) is 106 cm³/mol. The number of anilines is 1. The molecule has 0 unspecified atom stereocenters. The summed E-state index contributed by atoms with van der Waals surface area (Å²) in [5.74, 6) is 6.92. The fourth-order valence-corrected chi connectivity index (χ4v) is 3.17. The molecule has 1 aromatic carbocycles. The average Bonchev–Trinajstić information content (AvgIpc) is 3.05. The number of amides is 1. The van der Waals surface area contributed by atoms with Crippen molar-refractivity contribution in [2.24, 2.45) is 5.92 Å². The Morgan fingerprint density at radius 1 is 1.26 bits per heavy atom. The molecule has 0 radical (unpaired) electrons. The van der Waals surface area contributed by atoms with Gasteiger partial charge < -0.3 is 10.2 Å². The number of carbonyl (C=O) groups is 1. The van der Waals surface area contributed by atoms with Crippen molar-refractivity contribution in [1.29, 1.82) is 0 Å². The van der Waals surface area contributed by atoms with Gasteiger partial charge in [0.2, 0.25) is 5.95 Å². The molecule has 1 aromatic heterocycles. The maximum Gasteiger partial charge on any atom is 0.329 e. The summed E-state index contributed by atoms with van der Waals surface area (Å²) in [7, 11) is 0. The lowest BCUT2D eigenvalue weighted by molar-refractivity contribution is 0.232. The van der Waals surface area contributed by atoms with Gasteiger partial charge in [-0.25, -0.2) is 18.7 Å². The highest BCUT2D eigenvalue weighted by molar-refractivity contribution is 5.93. The Morgan fingerprint density at radius 2 is 2.00 bits per heavy atom. The molecule has 7 heteroatoms. The van der Waals surface area contributed by atoms with Gasteiger partial charge in [-0.1, -0.05) is 37.8 Å². The van der Waals surface area contributed by atoms with Crippen LogP contribution in [-0.4, -0.2) is 66.4 Å². The monoisotopic (exact) mass is 371 g/mol. The topological polar surface area (TPSA) is 53.4 Å². The van der Waals surface area contributed by atoms with E-state index in [-0.39, 0.29) is 18.6 Å². The van der Waals surface area contributed by atoms with Gasteiger partial charge >= 0.3 is 6.03 Å². The number of halogens is 1. The molecule has 144 valence electrons.